The first-order valence-electron chi connectivity index (χ1n) is 13.5. The fourth-order valence-corrected chi connectivity index (χ4v) is 5.75. The highest BCUT2D eigenvalue weighted by atomic mass is 35.5. The lowest BCUT2D eigenvalue weighted by Gasteiger charge is -2.33. The molecule has 0 spiro atoms. The van der Waals surface area contributed by atoms with E-state index < -0.39 is 34.7 Å². The van der Waals surface area contributed by atoms with Gasteiger partial charge in [0, 0.05) is 38.4 Å². The Morgan fingerprint density at radius 3 is 2.30 bits per heavy atom. The molecule has 0 atom stereocenters. The van der Waals surface area contributed by atoms with Gasteiger partial charge in [-0.1, -0.05) is 6.92 Å². The summed E-state index contributed by atoms with van der Waals surface area (Å²) >= 11 is 5.65. The smallest absolute Gasteiger partial charge is 0.417 e. The number of ether oxygens (including phenoxy) is 1. The molecule has 0 aromatic heterocycles. The summed E-state index contributed by atoms with van der Waals surface area (Å²) in [6, 6.07) is 10.1. The van der Waals surface area contributed by atoms with Crippen LogP contribution in [0.3, 0.4) is 0 Å². The van der Waals surface area contributed by atoms with Gasteiger partial charge in [0.2, 0.25) is 0 Å². The molecule has 0 unspecified atom stereocenters. The van der Waals surface area contributed by atoms with Crippen LogP contribution in [0.5, 0.6) is 5.75 Å². The van der Waals surface area contributed by atoms with Crippen molar-refractivity contribution >= 4 is 53.0 Å². The molecule has 0 radical (unpaired) electrons. The molecule has 0 aliphatic carbocycles. The van der Waals surface area contributed by atoms with E-state index in [4.69, 9.17) is 27.3 Å². The van der Waals surface area contributed by atoms with E-state index in [0.29, 0.717) is 44.1 Å². The lowest BCUT2D eigenvalue weighted by molar-refractivity contribution is -0.139. The molecule has 232 valence electrons. The van der Waals surface area contributed by atoms with E-state index in [-0.39, 0.29) is 29.8 Å². The number of anilines is 2. The zero-order valence-corrected chi connectivity index (χ0v) is 25.6. The van der Waals surface area contributed by atoms with Crippen LogP contribution in [0.25, 0.3) is 0 Å². The number of thiocarbonyl (C=S) groups is 1. The zero-order valence-electron chi connectivity index (χ0n) is 24.0. The third-order valence-corrected chi connectivity index (χ3v) is 7.89. The molecule has 2 fully saturated rings. The number of carbonyl (C=O) groups excluding carboxylic acids is 1. The summed E-state index contributed by atoms with van der Waals surface area (Å²) in [6.07, 6.45) is -4.15. The number of aryl methyl sites for hydroxylation is 1. The highest BCUT2D eigenvalue weighted by Crippen LogP contribution is 2.40. The summed E-state index contributed by atoms with van der Waals surface area (Å²) in [4.78, 5) is 31.2. The Labute approximate surface area is 259 Å². The van der Waals surface area contributed by atoms with Crippen molar-refractivity contribution in [3.8, 4) is 11.8 Å². The highest BCUT2D eigenvalue weighted by Gasteiger charge is 2.50. The second-order valence-corrected chi connectivity index (χ2v) is 11.0. The molecule has 2 aromatic carbocycles. The standard InChI is InChI=1S/C29H32F3N5O4S.ClH/c1-4-19-15-22(7-8-24(19)41-14-13-34-9-11-35(12-10-34)18-25(38)39)37-27(42)36(26(40)28(37,2)3)21-6-5-20(17-33)23(16-21)29(30,31)32;/h5-8,15-16H,4,9-14,18H2,1-3H3,(H,38,39);1H. The maximum atomic E-state index is 13.6. The second-order valence-electron chi connectivity index (χ2n) is 10.7. The lowest BCUT2D eigenvalue weighted by Crippen LogP contribution is -2.48. The van der Waals surface area contributed by atoms with Crippen LogP contribution in [0.2, 0.25) is 0 Å². The van der Waals surface area contributed by atoms with Crippen molar-refractivity contribution in [1.29, 1.82) is 5.26 Å². The fourth-order valence-electron chi connectivity index (χ4n) is 5.23. The molecule has 9 nitrogen and oxygen atoms in total. The van der Waals surface area contributed by atoms with E-state index >= 15 is 0 Å². The predicted octanol–water partition coefficient (Wildman–Crippen LogP) is 4.56. The third kappa shape index (κ3) is 7.21. The molecule has 14 heteroatoms. The Kier molecular flexibility index (Phi) is 10.7. The van der Waals surface area contributed by atoms with Crippen molar-refractivity contribution in [2.45, 2.75) is 38.9 Å². The van der Waals surface area contributed by atoms with E-state index in [1.54, 1.807) is 36.9 Å². The molecule has 2 saturated heterocycles. The van der Waals surface area contributed by atoms with Crippen LogP contribution >= 0.6 is 24.6 Å². The Bertz CT molecular complexity index is 1420. The lowest BCUT2D eigenvalue weighted by atomic mass is 10.0. The van der Waals surface area contributed by atoms with Gasteiger partial charge in [-0.3, -0.25) is 24.3 Å². The van der Waals surface area contributed by atoms with Crippen LogP contribution in [-0.4, -0.2) is 83.3 Å². The van der Waals surface area contributed by atoms with Crippen molar-refractivity contribution in [1.82, 2.24) is 9.80 Å². The quantitative estimate of drug-likeness (QED) is 0.396. The first-order chi connectivity index (χ1) is 19.8. The molecule has 2 aliphatic rings. The second kappa shape index (κ2) is 13.5. The highest BCUT2D eigenvalue weighted by molar-refractivity contribution is 7.81. The number of halogens is 4. The average molecular weight is 640 g/mol. The molecule has 0 saturated carbocycles. The number of hydrogen-bond donors (Lipinski definition) is 1. The molecule has 43 heavy (non-hydrogen) atoms. The Hall–Kier alpha value is -3.44. The van der Waals surface area contributed by atoms with E-state index in [0.717, 1.165) is 35.7 Å². The number of alkyl halides is 3. The van der Waals surface area contributed by atoms with Crippen molar-refractivity contribution in [3.63, 3.8) is 0 Å². The largest absolute Gasteiger partial charge is 0.492 e. The van der Waals surface area contributed by atoms with E-state index in [1.807, 2.05) is 17.9 Å². The van der Waals surface area contributed by atoms with E-state index in [2.05, 4.69) is 4.90 Å². The number of benzene rings is 2. The van der Waals surface area contributed by atoms with Crippen molar-refractivity contribution in [3.05, 3.63) is 53.1 Å². The van der Waals surface area contributed by atoms with Gasteiger partial charge in [0.05, 0.1) is 29.4 Å². The first-order valence-corrected chi connectivity index (χ1v) is 13.9. The number of piperazine rings is 1. The molecule has 1 amide bonds. The summed E-state index contributed by atoms with van der Waals surface area (Å²) in [5, 5.41) is 18.1. The average Bonchev–Trinajstić information content (AvgIpc) is 3.11. The molecule has 2 aromatic rings. The minimum atomic E-state index is -4.78. The Morgan fingerprint density at radius 1 is 1.09 bits per heavy atom. The van der Waals surface area contributed by atoms with Crippen LogP contribution < -0.4 is 14.5 Å². The van der Waals surface area contributed by atoms with Crippen molar-refractivity contribution in [2.75, 3.05) is 55.7 Å². The molecule has 2 heterocycles. The minimum Gasteiger partial charge on any atom is -0.492 e. The molecular formula is C29H33ClF3N5O4S. The van der Waals surface area contributed by atoms with Gasteiger partial charge in [0.25, 0.3) is 5.91 Å². The molecule has 0 bridgehead atoms. The van der Waals surface area contributed by atoms with Gasteiger partial charge in [0.15, 0.2) is 5.11 Å². The van der Waals surface area contributed by atoms with Gasteiger partial charge in [0.1, 0.15) is 17.9 Å². The Morgan fingerprint density at radius 2 is 1.72 bits per heavy atom. The number of aliphatic carboxylic acids is 1. The zero-order chi connectivity index (χ0) is 30.8. The van der Waals surface area contributed by atoms with E-state index in [1.165, 1.54) is 6.07 Å². The van der Waals surface area contributed by atoms with Crippen LogP contribution in [0, 0.1) is 11.3 Å². The van der Waals surface area contributed by atoms with Gasteiger partial charge in [-0.15, -0.1) is 12.4 Å². The fraction of sp³-hybridized carbons (Fsp3) is 0.448. The molecule has 4 rings (SSSR count). The predicted molar refractivity (Wildman–Crippen MR) is 162 cm³/mol. The van der Waals surface area contributed by atoms with Gasteiger partial charge in [-0.2, -0.15) is 18.4 Å². The number of nitriles is 1. The first kappa shape index (κ1) is 34.1. The summed E-state index contributed by atoms with van der Waals surface area (Å²) < 4.78 is 47.0. The normalized spacial score (nSPS) is 17.5. The van der Waals surface area contributed by atoms with Gasteiger partial charge < -0.3 is 14.7 Å². The number of rotatable bonds is 9. The third-order valence-electron chi connectivity index (χ3n) is 7.53. The maximum Gasteiger partial charge on any atom is 0.417 e. The number of hydrogen-bond acceptors (Lipinski definition) is 7. The summed E-state index contributed by atoms with van der Waals surface area (Å²) in [7, 11) is 0. The van der Waals surface area contributed by atoms with Crippen LogP contribution in [0.15, 0.2) is 36.4 Å². The molecule has 1 N–H and O–H groups in total. The van der Waals surface area contributed by atoms with Gasteiger partial charge in [-0.25, -0.2) is 0 Å². The summed E-state index contributed by atoms with van der Waals surface area (Å²) in [5.41, 5.74) is -1.45. The van der Waals surface area contributed by atoms with Crippen molar-refractivity contribution in [2.24, 2.45) is 0 Å². The van der Waals surface area contributed by atoms with E-state index in [9.17, 15) is 22.8 Å². The SMILES string of the molecule is CCc1cc(N2C(=S)N(c3ccc(C#N)c(C(F)(F)F)c3)C(=O)C2(C)C)ccc1OCCN1CCN(CC(=O)O)CC1.Cl. The number of carboxylic acids is 1. The van der Waals surface area contributed by atoms with Crippen LogP contribution in [0.1, 0.15) is 37.5 Å². The molecular weight excluding hydrogens is 607 g/mol. The van der Waals surface area contributed by atoms with Crippen LogP contribution in [-0.2, 0) is 22.2 Å². The van der Waals surface area contributed by atoms with Gasteiger partial charge >= 0.3 is 12.1 Å². The summed E-state index contributed by atoms with van der Waals surface area (Å²) in [6.45, 7) is 9.31. The summed E-state index contributed by atoms with van der Waals surface area (Å²) in [5.74, 6) is -0.645. The van der Waals surface area contributed by atoms with Crippen LogP contribution in [0.4, 0.5) is 24.5 Å². The number of amides is 1. The molecule has 2 aliphatic heterocycles. The topological polar surface area (TPSA) is 100 Å². The number of carboxylic acid groups (broad SMARTS) is 1. The monoisotopic (exact) mass is 639 g/mol. The minimum absolute atomic E-state index is 0. The van der Waals surface area contributed by atoms with Crippen molar-refractivity contribution < 1.29 is 32.6 Å². The van der Waals surface area contributed by atoms with Gasteiger partial charge in [-0.05, 0) is 74.4 Å². The maximum absolute atomic E-state index is 13.6. The number of nitrogens with zero attached hydrogens (tertiary/aromatic N) is 5. The Balaban J connectivity index is 0.00000506. The number of carbonyl (C=O) groups is 2.